The smallest absolute Gasteiger partial charge is 0.303 e. The summed E-state index contributed by atoms with van der Waals surface area (Å²) >= 11 is 0. The molecule has 2 aromatic rings. The van der Waals surface area contributed by atoms with Crippen LogP contribution in [-0.2, 0) is 4.79 Å². The van der Waals surface area contributed by atoms with Crippen molar-refractivity contribution >= 4 is 16.7 Å². The van der Waals surface area contributed by atoms with Crippen molar-refractivity contribution in [1.82, 2.24) is 5.32 Å². The minimum absolute atomic E-state index is 0.299. The van der Waals surface area contributed by atoms with Crippen LogP contribution in [0.5, 0.6) is 5.75 Å². The van der Waals surface area contributed by atoms with Crippen LogP contribution in [0.1, 0.15) is 111 Å². The molecule has 0 saturated heterocycles. The van der Waals surface area contributed by atoms with Crippen molar-refractivity contribution in [3.8, 4) is 5.75 Å². The fourth-order valence-corrected chi connectivity index (χ4v) is 4.29. The summed E-state index contributed by atoms with van der Waals surface area (Å²) in [6, 6.07) is 14.4. The Labute approximate surface area is 238 Å². The summed E-state index contributed by atoms with van der Waals surface area (Å²) in [5.74, 6) is 0.157. The number of ether oxygens (including phenoxy) is 1. The van der Waals surface area contributed by atoms with Gasteiger partial charge in [-0.1, -0.05) is 121 Å². The first-order chi connectivity index (χ1) is 18.9. The number of carbonyl (C=O) groups is 1. The first-order valence-corrected chi connectivity index (χ1v) is 15.3. The second-order valence-corrected chi connectivity index (χ2v) is 10.7. The number of hydrogen-bond acceptors (Lipinski definition) is 4. The van der Waals surface area contributed by atoms with Gasteiger partial charge in [0, 0.05) is 24.4 Å². The third kappa shape index (κ3) is 19.4. The zero-order valence-corrected chi connectivity index (χ0v) is 24.9. The molecule has 0 fully saturated rings. The van der Waals surface area contributed by atoms with Crippen LogP contribution in [0.2, 0.25) is 0 Å². The molecule has 0 aliphatic heterocycles. The summed E-state index contributed by atoms with van der Waals surface area (Å²) in [6.07, 6.45) is 20.7. The number of aliphatic hydroxyl groups excluding tert-OH is 1. The van der Waals surface area contributed by atoms with Crippen LogP contribution < -0.4 is 10.1 Å². The first kappa shape index (κ1) is 34.7. The Morgan fingerprint density at radius 1 is 0.846 bits per heavy atom. The SMILES string of the molecule is CC(C)NCC(O)COc1cccc2ccccc12.CCCCCCCCC=CCCCCCCCC(=O)O. The van der Waals surface area contributed by atoms with E-state index in [1.54, 1.807) is 0 Å². The van der Waals surface area contributed by atoms with E-state index in [0.29, 0.717) is 25.6 Å². The normalized spacial score (nSPS) is 12.0. The van der Waals surface area contributed by atoms with Crippen molar-refractivity contribution in [2.45, 2.75) is 123 Å². The van der Waals surface area contributed by atoms with E-state index in [0.717, 1.165) is 29.4 Å². The molecule has 1 atom stereocenters. The number of allylic oxidation sites excluding steroid dienone is 2. The third-order valence-corrected chi connectivity index (χ3v) is 6.60. The number of hydrogen-bond donors (Lipinski definition) is 3. The van der Waals surface area contributed by atoms with Crippen LogP contribution in [0, 0.1) is 0 Å². The lowest BCUT2D eigenvalue weighted by Crippen LogP contribution is -2.35. The van der Waals surface area contributed by atoms with Gasteiger partial charge in [0.15, 0.2) is 0 Å². The average Bonchev–Trinajstić information content (AvgIpc) is 2.93. The van der Waals surface area contributed by atoms with Crippen LogP contribution >= 0.6 is 0 Å². The van der Waals surface area contributed by atoms with Crippen LogP contribution in [0.4, 0.5) is 0 Å². The molecule has 5 nitrogen and oxygen atoms in total. The van der Waals surface area contributed by atoms with Crippen molar-refractivity contribution in [1.29, 1.82) is 0 Å². The van der Waals surface area contributed by atoms with Gasteiger partial charge in [0.25, 0.3) is 0 Å². The van der Waals surface area contributed by atoms with Gasteiger partial charge in [0.05, 0.1) is 0 Å². The molecule has 220 valence electrons. The highest BCUT2D eigenvalue weighted by atomic mass is 16.5. The minimum Gasteiger partial charge on any atom is -0.490 e. The topological polar surface area (TPSA) is 78.8 Å². The Morgan fingerprint density at radius 3 is 2.08 bits per heavy atom. The van der Waals surface area contributed by atoms with E-state index < -0.39 is 12.1 Å². The van der Waals surface area contributed by atoms with Gasteiger partial charge in [-0.15, -0.1) is 0 Å². The van der Waals surface area contributed by atoms with E-state index in [-0.39, 0.29) is 0 Å². The highest BCUT2D eigenvalue weighted by Crippen LogP contribution is 2.25. The molecule has 2 aromatic carbocycles. The average molecular weight is 542 g/mol. The van der Waals surface area contributed by atoms with Crippen LogP contribution in [0.3, 0.4) is 0 Å². The first-order valence-electron chi connectivity index (χ1n) is 15.3. The molecule has 5 heteroatoms. The molecular weight excluding hydrogens is 486 g/mol. The predicted molar refractivity (Wildman–Crippen MR) is 166 cm³/mol. The fraction of sp³-hybridized carbons (Fsp3) is 0.618. The zero-order chi connectivity index (χ0) is 28.6. The maximum Gasteiger partial charge on any atom is 0.303 e. The monoisotopic (exact) mass is 541 g/mol. The predicted octanol–water partition coefficient (Wildman–Crippen LogP) is 8.69. The Hall–Kier alpha value is -2.37. The highest BCUT2D eigenvalue weighted by Gasteiger charge is 2.07. The van der Waals surface area contributed by atoms with Crippen molar-refractivity contribution in [3.63, 3.8) is 0 Å². The maximum absolute atomic E-state index is 10.3. The van der Waals surface area contributed by atoms with Crippen LogP contribution in [-0.4, -0.2) is 41.5 Å². The number of fused-ring (bicyclic) bond motifs is 1. The Balaban J connectivity index is 0.000000390. The molecule has 2 rings (SSSR count). The van der Waals surface area contributed by atoms with Crippen molar-refractivity contribution < 1.29 is 19.7 Å². The number of benzene rings is 2. The number of carboxylic acids is 1. The number of nitrogens with one attached hydrogen (secondary N) is 1. The molecule has 0 amide bonds. The minimum atomic E-state index is -0.664. The van der Waals surface area contributed by atoms with Crippen LogP contribution in [0.25, 0.3) is 10.8 Å². The number of aliphatic hydroxyl groups is 1. The van der Waals surface area contributed by atoms with E-state index in [2.05, 4.69) is 50.4 Å². The Bertz CT molecular complexity index is 890. The lowest BCUT2D eigenvalue weighted by molar-refractivity contribution is -0.137. The van der Waals surface area contributed by atoms with Crippen molar-refractivity contribution in [3.05, 3.63) is 54.6 Å². The largest absolute Gasteiger partial charge is 0.490 e. The number of unbranched alkanes of at least 4 members (excludes halogenated alkanes) is 11. The highest BCUT2D eigenvalue weighted by molar-refractivity contribution is 5.88. The maximum atomic E-state index is 10.3. The van der Waals surface area contributed by atoms with E-state index in [9.17, 15) is 9.90 Å². The van der Waals surface area contributed by atoms with Gasteiger partial charge in [-0.2, -0.15) is 0 Å². The van der Waals surface area contributed by atoms with Gasteiger partial charge >= 0.3 is 5.97 Å². The van der Waals surface area contributed by atoms with Gasteiger partial charge in [-0.25, -0.2) is 0 Å². The molecule has 0 aliphatic carbocycles. The van der Waals surface area contributed by atoms with Gasteiger partial charge in [0.1, 0.15) is 18.5 Å². The van der Waals surface area contributed by atoms with Gasteiger partial charge < -0.3 is 20.3 Å². The lowest BCUT2D eigenvalue weighted by atomic mass is 10.1. The second-order valence-electron chi connectivity index (χ2n) is 10.7. The molecule has 39 heavy (non-hydrogen) atoms. The zero-order valence-electron chi connectivity index (χ0n) is 24.9. The summed E-state index contributed by atoms with van der Waals surface area (Å²) in [7, 11) is 0. The lowest BCUT2D eigenvalue weighted by Gasteiger charge is -2.15. The van der Waals surface area contributed by atoms with E-state index in [1.165, 1.54) is 70.6 Å². The van der Waals surface area contributed by atoms with Crippen molar-refractivity contribution in [2.24, 2.45) is 0 Å². The molecule has 0 saturated carbocycles. The molecule has 0 aromatic heterocycles. The fourth-order valence-electron chi connectivity index (χ4n) is 4.29. The number of rotatable bonds is 21. The van der Waals surface area contributed by atoms with E-state index in [1.807, 2.05) is 30.3 Å². The molecule has 0 heterocycles. The summed E-state index contributed by atoms with van der Waals surface area (Å²) < 4.78 is 5.72. The van der Waals surface area contributed by atoms with E-state index in [4.69, 9.17) is 9.84 Å². The molecule has 0 aliphatic rings. The number of aliphatic carboxylic acids is 1. The quantitative estimate of drug-likeness (QED) is 0.109. The number of carboxylic acid groups (broad SMARTS) is 1. The van der Waals surface area contributed by atoms with Crippen molar-refractivity contribution in [2.75, 3.05) is 13.2 Å². The molecule has 0 radical (unpaired) electrons. The molecule has 0 spiro atoms. The summed E-state index contributed by atoms with van der Waals surface area (Å²) in [5.41, 5.74) is 0. The Kier molecular flexibility index (Phi) is 20.9. The molecule has 3 N–H and O–H groups in total. The summed E-state index contributed by atoms with van der Waals surface area (Å²) in [6.45, 7) is 7.21. The molecule has 0 bridgehead atoms. The van der Waals surface area contributed by atoms with Crippen LogP contribution in [0.15, 0.2) is 54.6 Å². The second kappa shape index (κ2) is 23.5. The summed E-state index contributed by atoms with van der Waals surface area (Å²) in [5, 5.41) is 23.8. The van der Waals surface area contributed by atoms with Gasteiger partial charge in [0.2, 0.25) is 0 Å². The third-order valence-electron chi connectivity index (χ3n) is 6.60. The Morgan fingerprint density at radius 2 is 1.44 bits per heavy atom. The van der Waals surface area contributed by atoms with E-state index >= 15 is 0 Å². The van der Waals surface area contributed by atoms with Gasteiger partial charge in [-0.05, 0) is 43.6 Å². The standard InChI is InChI=1S/C18H34O2.C16H21NO2/c1-2-3-4-5-6-7-8-9-10-11-12-13-14-15-16-17-18(19)20;1-12(2)17-10-14(18)11-19-16-9-5-7-13-6-3-4-8-15(13)16/h9-10H,2-8,11-17H2,1H3,(H,19,20);3-9,12,14,17-18H,10-11H2,1-2H3. The summed E-state index contributed by atoms with van der Waals surface area (Å²) in [4.78, 5) is 10.3. The van der Waals surface area contributed by atoms with Gasteiger partial charge in [-0.3, -0.25) is 4.79 Å². The molecular formula is C34H55NO4. The molecule has 1 unspecified atom stereocenters.